The molecular weight excluding hydrogens is 825 g/mol. The number of carbonyl (C=O) groups is 4. The van der Waals surface area contributed by atoms with E-state index in [0.717, 1.165) is 61.5 Å². The second-order valence-corrected chi connectivity index (χ2v) is 20.2. The Morgan fingerprint density at radius 1 is 0.984 bits per heavy atom. The molecule has 1 unspecified atom stereocenters. The lowest BCUT2D eigenvalue weighted by Crippen LogP contribution is -2.60. The van der Waals surface area contributed by atoms with Crippen LogP contribution in [0.3, 0.4) is 0 Å². The van der Waals surface area contributed by atoms with Crippen LogP contribution < -0.4 is 24.8 Å². The number of aromatic nitrogens is 1. The van der Waals surface area contributed by atoms with E-state index in [1.807, 2.05) is 48.5 Å². The summed E-state index contributed by atoms with van der Waals surface area (Å²) < 4.78 is 47.3. The van der Waals surface area contributed by atoms with Crippen LogP contribution in [0, 0.1) is 11.8 Å². The van der Waals surface area contributed by atoms with Gasteiger partial charge >= 0.3 is 6.03 Å². The molecule has 0 radical (unpaired) electrons. The summed E-state index contributed by atoms with van der Waals surface area (Å²) >= 11 is 0. The smallest absolute Gasteiger partial charge is 0.318 e. The zero-order valence-electron chi connectivity index (χ0n) is 35.9. The number of aryl methyl sites for hydroxylation is 1. The van der Waals surface area contributed by atoms with Crippen LogP contribution in [0.15, 0.2) is 61.2 Å². The maximum atomic E-state index is 15.3. The van der Waals surface area contributed by atoms with Crippen LogP contribution in [0.25, 0.3) is 22.2 Å². The van der Waals surface area contributed by atoms with Gasteiger partial charge < -0.3 is 34.6 Å². The van der Waals surface area contributed by atoms with Crippen LogP contribution in [0.4, 0.5) is 4.79 Å². The number of rotatable bonds is 9. The third kappa shape index (κ3) is 8.98. The molecule has 15 nitrogen and oxygen atoms in total. The summed E-state index contributed by atoms with van der Waals surface area (Å²) in [5.74, 6) is -1.30. The molecule has 3 aliphatic carbocycles. The second kappa shape index (κ2) is 17.7. The maximum absolute atomic E-state index is 15.3. The van der Waals surface area contributed by atoms with Gasteiger partial charge in [-0.25, -0.2) is 18.2 Å². The highest BCUT2D eigenvalue weighted by Gasteiger charge is 2.62. The van der Waals surface area contributed by atoms with Gasteiger partial charge in [0.2, 0.25) is 21.8 Å². The van der Waals surface area contributed by atoms with E-state index in [9.17, 15) is 22.8 Å². The highest BCUT2D eigenvalue weighted by Crippen LogP contribution is 2.46. The number of amides is 5. The Morgan fingerprint density at radius 3 is 2.51 bits per heavy atom. The molecule has 63 heavy (non-hydrogen) atoms. The lowest BCUT2D eigenvalue weighted by molar-refractivity contribution is -0.142. The van der Waals surface area contributed by atoms with Gasteiger partial charge in [-0.1, -0.05) is 55.7 Å². The van der Waals surface area contributed by atoms with Gasteiger partial charge in [0.25, 0.3) is 5.91 Å². The van der Waals surface area contributed by atoms with Crippen LogP contribution in [-0.4, -0.2) is 115 Å². The molecule has 4 heterocycles. The zero-order valence-corrected chi connectivity index (χ0v) is 36.7. The number of carbonyl (C=O) groups excluding carboxylic acids is 4. The Labute approximate surface area is 368 Å². The van der Waals surface area contributed by atoms with Gasteiger partial charge in [-0.15, -0.1) is 6.58 Å². The van der Waals surface area contributed by atoms with Gasteiger partial charge in [0, 0.05) is 55.1 Å². The number of ether oxygens (including phenoxy) is 3. The minimum absolute atomic E-state index is 0.0171. The van der Waals surface area contributed by atoms with E-state index >= 15 is 4.79 Å². The molecule has 0 spiro atoms. The van der Waals surface area contributed by atoms with Crippen molar-refractivity contribution in [3.63, 3.8) is 0 Å². The molecule has 1 aromatic heterocycles. The average Bonchev–Trinajstić information content (AvgIpc) is 4.23. The quantitative estimate of drug-likeness (QED) is 0.247. The van der Waals surface area contributed by atoms with Crippen molar-refractivity contribution >= 4 is 44.7 Å². The third-order valence-electron chi connectivity index (χ3n) is 13.9. The number of pyridine rings is 1. The van der Waals surface area contributed by atoms with E-state index in [1.165, 1.54) is 4.90 Å². The number of fused-ring (bicyclic) bond motifs is 5. The SMILES string of the molecule is C=CC1C[C@]1(NC(=O)[C@@H]1C[C@@H]2CN1C(=O)[C@H](C1CCCCC1)NC(=O)N1CCC[C@@H](C1)OCCCc1cc3c(cc(-c4ccccc4)nc3cc1OC)O2)C(=O)NS(=O)(=O)C1CC1. The minimum Gasteiger partial charge on any atom is -0.496 e. The first-order chi connectivity index (χ1) is 30.5. The molecule has 5 amide bonds. The first-order valence-corrected chi connectivity index (χ1v) is 24.2. The molecule has 3 N–H and O–H groups in total. The van der Waals surface area contributed by atoms with Crippen LogP contribution in [0.1, 0.15) is 82.6 Å². The van der Waals surface area contributed by atoms with Crippen molar-refractivity contribution in [2.75, 3.05) is 33.4 Å². The van der Waals surface area contributed by atoms with Gasteiger partial charge in [-0.3, -0.25) is 19.1 Å². The molecule has 5 fully saturated rings. The fourth-order valence-electron chi connectivity index (χ4n) is 10.1. The highest BCUT2D eigenvalue weighted by atomic mass is 32.2. The van der Waals surface area contributed by atoms with Crippen LogP contribution in [0.5, 0.6) is 11.5 Å². The standard InChI is InChI=1S/C47H58N6O9S/c1-3-32-26-47(32,45(56)51-63(58,59)35-18-19-35)50-43(54)39-23-34-28-53(39)44(55)42(30-14-8-5-9-15-30)49-46(57)52-20-10-17-33(27-52)61-21-11-16-31-22-36-38(25-40(31)60-2)48-37(24-41(36)62-34)29-12-6-4-7-13-29/h3-4,6-7,12-13,22,24-25,30,32-35,39,42H,1,5,8-11,14-21,23,26-28H2,2H3,(H,49,57)(H,50,54)(H,51,56)/t32?,33-,34+,39-,42-,47+/m0/s1. The lowest BCUT2D eigenvalue weighted by atomic mass is 9.83. The predicted molar refractivity (Wildman–Crippen MR) is 235 cm³/mol. The summed E-state index contributed by atoms with van der Waals surface area (Å²) in [5, 5.41) is 6.15. The number of methoxy groups -OCH3 is 1. The van der Waals surface area contributed by atoms with Crippen molar-refractivity contribution in [3.8, 4) is 22.8 Å². The molecule has 2 aromatic carbocycles. The molecule has 3 aliphatic heterocycles. The molecule has 6 aliphatic rings. The Bertz CT molecular complexity index is 2370. The third-order valence-corrected chi connectivity index (χ3v) is 15.7. The topological polar surface area (TPSA) is 186 Å². The van der Waals surface area contributed by atoms with Gasteiger partial charge in [0.1, 0.15) is 35.2 Å². The number of nitrogens with one attached hydrogen (secondary N) is 3. The summed E-state index contributed by atoms with van der Waals surface area (Å²) in [7, 11) is -2.28. The van der Waals surface area contributed by atoms with E-state index in [1.54, 1.807) is 18.1 Å². The molecule has 6 bridgehead atoms. The van der Waals surface area contributed by atoms with Crippen molar-refractivity contribution in [3.05, 3.63) is 66.7 Å². The van der Waals surface area contributed by atoms with Gasteiger partial charge in [0.05, 0.1) is 36.2 Å². The van der Waals surface area contributed by atoms with Crippen LogP contribution in [0.2, 0.25) is 0 Å². The van der Waals surface area contributed by atoms with Crippen molar-refractivity contribution in [1.29, 1.82) is 0 Å². The summed E-state index contributed by atoms with van der Waals surface area (Å²) in [4.78, 5) is 66.3. The van der Waals surface area contributed by atoms with Crippen molar-refractivity contribution < 1.29 is 41.8 Å². The summed E-state index contributed by atoms with van der Waals surface area (Å²) in [6.07, 6.45) is 9.11. The van der Waals surface area contributed by atoms with E-state index in [0.29, 0.717) is 68.1 Å². The number of hydrogen-bond donors (Lipinski definition) is 3. The number of hydrogen-bond acceptors (Lipinski definition) is 10. The van der Waals surface area contributed by atoms with Crippen molar-refractivity contribution in [2.45, 2.75) is 119 Å². The average molecular weight is 883 g/mol. The minimum atomic E-state index is -3.92. The van der Waals surface area contributed by atoms with Crippen molar-refractivity contribution in [2.24, 2.45) is 11.8 Å². The number of sulfonamides is 1. The molecule has 9 rings (SSSR count). The Morgan fingerprint density at radius 2 is 1.78 bits per heavy atom. The molecule has 3 aromatic rings. The van der Waals surface area contributed by atoms with E-state index in [2.05, 4.69) is 21.9 Å². The molecule has 3 saturated carbocycles. The molecule has 16 heteroatoms. The Kier molecular flexibility index (Phi) is 12.1. The summed E-state index contributed by atoms with van der Waals surface area (Å²) in [6, 6.07) is 13.2. The summed E-state index contributed by atoms with van der Waals surface area (Å²) in [5.41, 5.74) is 1.58. The van der Waals surface area contributed by atoms with E-state index < -0.39 is 62.6 Å². The van der Waals surface area contributed by atoms with E-state index in [-0.39, 0.29) is 37.4 Å². The monoisotopic (exact) mass is 882 g/mol. The molecule has 336 valence electrons. The fraction of sp³-hybridized carbons (Fsp3) is 0.553. The van der Waals surface area contributed by atoms with Gasteiger partial charge in [0.15, 0.2) is 0 Å². The lowest BCUT2D eigenvalue weighted by Gasteiger charge is -2.37. The highest BCUT2D eigenvalue weighted by molar-refractivity contribution is 7.91. The second-order valence-electron chi connectivity index (χ2n) is 18.2. The number of piperidine rings is 1. The maximum Gasteiger partial charge on any atom is 0.318 e. The number of benzene rings is 2. The Balaban J connectivity index is 1.11. The number of nitrogens with zero attached hydrogens (tertiary/aromatic N) is 3. The van der Waals surface area contributed by atoms with Crippen LogP contribution >= 0.6 is 0 Å². The predicted octanol–water partition coefficient (Wildman–Crippen LogP) is 5.01. The van der Waals surface area contributed by atoms with Gasteiger partial charge in [-0.2, -0.15) is 0 Å². The van der Waals surface area contributed by atoms with E-state index in [4.69, 9.17) is 19.2 Å². The number of urea groups is 1. The van der Waals surface area contributed by atoms with Crippen LogP contribution in [-0.2, 0) is 35.6 Å². The van der Waals surface area contributed by atoms with Gasteiger partial charge in [-0.05, 0) is 75.3 Å². The molecule has 2 saturated heterocycles. The Hall–Kier alpha value is -5.22. The fourth-order valence-corrected chi connectivity index (χ4v) is 11.5. The zero-order chi connectivity index (χ0) is 43.9. The first-order valence-electron chi connectivity index (χ1n) is 22.7. The molecule has 6 atom stereocenters. The largest absolute Gasteiger partial charge is 0.496 e. The van der Waals surface area contributed by atoms with Crippen molar-refractivity contribution in [1.82, 2.24) is 30.1 Å². The summed E-state index contributed by atoms with van der Waals surface area (Å²) in [6.45, 7) is 5.29. The first kappa shape index (κ1) is 43.1. The normalized spacial score (nSPS) is 28.2. The molecular formula is C47H58N6O9S.